The Labute approximate surface area is 250 Å². The van der Waals surface area contributed by atoms with E-state index in [0.717, 1.165) is 24.8 Å². The van der Waals surface area contributed by atoms with Crippen molar-refractivity contribution >= 4 is 5.97 Å². The topological polar surface area (TPSA) is 37.3 Å². The van der Waals surface area contributed by atoms with E-state index in [-0.39, 0.29) is 5.82 Å². The molecule has 2 aromatic carbocycles. The second-order valence-corrected chi connectivity index (χ2v) is 12.9. The lowest BCUT2D eigenvalue weighted by atomic mass is 9.66. The molecule has 3 rings (SSSR count). The molecule has 1 aliphatic carbocycles. The third-order valence-corrected chi connectivity index (χ3v) is 9.69. The Morgan fingerprint density at radius 2 is 1.29 bits per heavy atom. The van der Waals surface area contributed by atoms with Crippen molar-refractivity contribution in [3.05, 3.63) is 59.4 Å². The van der Waals surface area contributed by atoms with Gasteiger partial charge in [0, 0.05) is 5.56 Å². The fourth-order valence-electron chi connectivity index (χ4n) is 6.84. The van der Waals surface area contributed by atoms with Crippen LogP contribution < -0.4 is 0 Å². The number of aliphatic carboxylic acids is 1. The summed E-state index contributed by atoms with van der Waals surface area (Å²) >= 11 is 0. The Hall–Kier alpha value is -2.16. The molecule has 41 heavy (non-hydrogen) atoms. The molecular formula is C38H57FO2. The molecule has 228 valence electrons. The van der Waals surface area contributed by atoms with Crippen LogP contribution in [0.2, 0.25) is 0 Å². The van der Waals surface area contributed by atoms with E-state index in [1.807, 2.05) is 18.2 Å². The van der Waals surface area contributed by atoms with Crippen LogP contribution >= 0.6 is 0 Å². The summed E-state index contributed by atoms with van der Waals surface area (Å²) in [5.74, 6) is -0.515. The molecule has 1 fully saturated rings. The number of carbonyl (C=O) groups is 1. The molecular weight excluding hydrogens is 507 g/mol. The number of aryl methyl sites for hydroxylation is 1. The Bertz CT molecular complexity index is 1000. The standard InChI is InChI=1S/C38H57FO2/c1-3-5-7-9-10-11-12-13-15-17-19-32-26-28-38(29-27-32,37(40)41)34-24-25-35(36(39)30-34)33-22-20-31(21-23-33)18-16-14-8-6-4-2/h20-25,30,32H,3-19,26-29H2,1-2H3,(H,40,41). The SMILES string of the molecule is CCCCCCCCCCCCC1CCC(C(=O)O)(c2ccc(-c3ccc(CCCCCCC)cc3)c(F)c2)CC1. The molecule has 2 aromatic rings. The van der Waals surface area contributed by atoms with E-state index in [9.17, 15) is 9.90 Å². The molecule has 0 bridgehead atoms. The third kappa shape index (κ3) is 10.6. The van der Waals surface area contributed by atoms with Gasteiger partial charge in [0.1, 0.15) is 5.82 Å². The van der Waals surface area contributed by atoms with Gasteiger partial charge in [-0.2, -0.15) is 0 Å². The first-order valence-corrected chi connectivity index (χ1v) is 17.1. The van der Waals surface area contributed by atoms with Crippen LogP contribution in [0.3, 0.4) is 0 Å². The molecule has 0 aliphatic heterocycles. The molecule has 0 amide bonds. The third-order valence-electron chi connectivity index (χ3n) is 9.69. The zero-order valence-electron chi connectivity index (χ0n) is 26.2. The Morgan fingerprint density at radius 3 is 1.83 bits per heavy atom. The lowest BCUT2D eigenvalue weighted by Crippen LogP contribution is -2.39. The highest BCUT2D eigenvalue weighted by molar-refractivity contribution is 5.82. The van der Waals surface area contributed by atoms with Gasteiger partial charge in [0.05, 0.1) is 5.41 Å². The normalized spacial score (nSPS) is 19.0. The van der Waals surface area contributed by atoms with Crippen LogP contribution in [0.15, 0.2) is 42.5 Å². The van der Waals surface area contributed by atoms with Crippen LogP contribution in [0.5, 0.6) is 0 Å². The number of carboxylic acids is 1. The summed E-state index contributed by atoms with van der Waals surface area (Å²) in [4.78, 5) is 12.6. The minimum atomic E-state index is -0.963. The number of unbranched alkanes of at least 4 members (excludes halogenated alkanes) is 13. The summed E-state index contributed by atoms with van der Waals surface area (Å²) in [6.45, 7) is 4.50. The highest BCUT2D eigenvalue weighted by Gasteiger charge is 2.43. The molecule has 0 heterocycles. The summed E-state index contributed by atoms with van der Waals surface area (Å²) in [6.07, 6.45) is 25.1. The van der Waals surface area contributed by atoms with E-state index in [1.165, 1.54) is 114 Å². The van der Waals surface area contributed by atoms with Gasteiger partial charge in [-0.3, -0.25) is 4.79 Å². The first-order chi connectivity index (χ1) is 20.0. The maximum absolute atomic E-state index is 15.4. The van der Waals surface area contributed by atoms with Gasteiger partial charge < -0.3 is 5.11 Å². The van der Waals surface area contributed by atoms with Gasteiger partial charge >= 0.3 is 5.97 Å². The van der Waals surface area contributed by atoms with E-state index >= 15 is 4.39 Å². The van der Waals surface area contributed by atoms with Gasteiger partial charge in [-0.15, -0.1) is 0 Å². The smallest absolute Gasteiger partial charge is 0.314 e. The van der Waals surface area contributed by atoms with Crippen LogP contribution in [0, 0.1) is 11.7 Å². The first-order valence-electron chi connectivity index (χ1n) is 17.1. The van der Waals surface area contributed by atoms with Crippen LogP contribution in [-0.4, -0.2) is 11.1 Å². The summed E-state index contributed by atoms with van der Waals surface area (Å²) in [7, 11) is 0. The van der Waals surface area contributed by atoms with Gasteiger partial charge in [0.25, 0.3) is 0 Å². The minimum Gasteiger partial charge on any atom is -0.481 e. The van der Waals surface area contributed by atoms with Gasteiger partial charge in [0.2, 0.25) is 0 Å². The van der Waals surface area contributed by atoms with Crippen LogP contribution in [0.1, 0.15) is 153 Å². The van der Waals surface area contributed by atoms with Gasteiger partial charge in [-0.05, 0) is 67.2 Å². The number of carboxylic acid groups (broad SMARTS) is 1. The Kier molecular flexibility index (Phi) is 15.0. The maximum atomic E-state index is 15.4. The molecule has 1 saturated carbocycles. The predicted molar refractivity (Wildman–Crippen MR) is 172 cm³/mol. The van der Waals surface area contributed by atoms with E-state index in [1.54, 1.807) is 6.07 Å². The van der Waals surface area contributed by atoms with Gasteiger partial charge in [-0.25, -0.2) is 4.39 Å². The lowest BCUT2D eigenvalue weighted by molar-refractivity contribution is -0.145. The number of hydrogen-bond donors (Lipinski definition) is 1. The molecule has 0 radical (unpaired) electrons. The van der Waals surface area contributed by atoms with Crippen molar-refractivity contribution in [2.24, 2.45) is 5.92 Å². The van der Waals surface area contributed by atoms with Crippen molar-refractivity contribution in [2.45, 2.75) is 154 Å². The Balaban J connectivity index is 1.47. The molecule has 3 heteroatoms. The fourth-order valence-corrected chi connectivity index (χ4v) is 6.84. The van der Waals surface area contributed by atoms with Gasteiger partial charge in [0.15, 0.2) is 0 Å². The summed E-state index contributed by atoms with van der Waals surface area (Å²) < 4.78 is 15.4. The average Bonchev–Trinajstić information content (AvgIpc) is 2.98. The van der Waals surface area contributed by atoms with Crippen molar-refractivity contribution in [3.8, 4) is 11.1 Å². The van der Waals surface area contributed by atoms with E-state index in [0.29, 0.717) is 29.9 Å². The van der Waals surface area contributed by atoms with Crippen LogP contribution in [-0.2, 0) is 16.6 Å². The van der Waals surface area contributed by atoms with Crippen molar-refractivity contribution < 1.29 is 14.3 Å². The van der Waals surface area contributed by atoms with Crippen LogP contribution in [0.25, 0.3) is 11.1 Å². The first kappa shape index (κ1) is 33.3. The zero-order valence-corrected chi connectivity index (χ0v) is 26.2. The quantitative estimate of drug-likeness (QED) is 0.162. The van der Waals surface area contributed by atoms with Crippen molar-refractivity contribution in [1.82, 2.24) is 0 Å². The second-order valence-electron chi connectivity index (χ2n) is 12.9. The predicted octanol–water partition coefficient (Wildman–Crippen LogP) is 11.8. The molecule has 0 aromatic heterocycles. The molecule has 0 saturated heterocycles. The average molecular weight is 565 g/mol. The van der Waals surface area contributed by atoms with Crippen molar-refractivity contribution in [2.75, 3.05) is 0 Å². The van der Waals surface area contributed by atoms with Crippen molar-refractivity contribution in [3.63, 3.8) is 0 Å². The number of hydrogen-bond acceptors (Lipinski definition) is 1. The summed E-state index contributed by atoms with van der Waals surface area (Å²) in [5, 5.41) is 10.3. The van der Waals surface area contributed by atoms with Crippen LogP contribution in [0.4, 0.5) is 4.39 Å². The highest BCUT2D eigenvalue weighted by Crippen LogP contribution is 2.44. The second kappa shape index (κ2) is 18.4. The van der Waals surface area contributed by atoms with Crippen molar-refractivity contribution in [1.29, 1.82) is 0 Å². The molecule has 1 N–H and O–H groups in total. The number of halogens is 1. The largest absolute Gasteiger partial charge is 0.481 e. The molecule has 1 aliphatic rings. The fraction of sp³-hybridized carbons (Fsp3) is 0.658. The number of rotatable bonds is 20. The van der Waals surface area contributed by atoms with Gasteiger partial charge in [-0.1, -0.05) is 147 Å². The highest BCUT2D eigenvalue weighted by atomic mass is 19.1. The van der Waals surface area contributed by atoms with E-state index in [2.05, 4.69) is 26.0 Å². The minimum absolute atomic E-state index is 0.317. The lowest BCUT2D eigenvalue weighted by Gasteiger charge is -2.37. The monoisotopic (exact) mass is 564 g/mol. The van der Waals surface area contributed by atoms with E-state index in [4.69, 9.17) is 0 Å². The Morgan fingerprint density at radius 1 is 0.756 bits per heavy atom. The zero-order chi connectivity index (χ0) is 29.3. The summed E-state index contributed by atoms with van der Waals surface area (Å²) in [6, 6.07) is 13.4. The molecule has 2 nitrogen and oxygen atoms in total. The molecule has 0 unspecified atom stereocenters. The molecule has 0 spiro atoms. The summed E-state index contributed by atoms with van der Waals surface area (Å²) in [5.41, 5.74) is 2.37. The van der Waals surface area contributed by atoms with E-state index < -0.39 is 11.4 Å². The number of benzene rings is 2. The molecule has 0 atom stereocenters. The maximum Gasteiger partial charge on any atom is 0.314 e.